The van der Waals surface area contributed by atoms with Crippen LogP contribution in [-0.2, 0) is 0 Å². The van der Waals surface area contributed by atoms with E-state index in [1.807, 2.05) is 43.9 Å². The van der Waals surface area contributed by atoms with Crippen molar-refractivity contribution in [2.24, 2.45) is 5.92 Å². The van der Waals surface area contributed by atoms with Crippen LogP contribution in [0.2, 0.25) is 0 Å². The van der Waals surface area contributed by atoms with Gasteiger partial charge in [0.05, 0.1) is 30.5 Å². The third-order valence-corrected chi connectivity index (χ3v) is 5.47. The largest absolute Gasteiger partial charge is 0.490 e. The second-order valence-electron chi connectivity index (χ2n) is 8.62. The van der Waals surface area contributed by atoms with Crippen LogP contribution in [0, 0.1) is 18.7 Å². The first-order valence-electron chi connectivity index (χ1n) is 11.2. The smallest absolute Gasteiger partial charge is 0.259 e. The van der Waals surface area contributed by atoms with Gasteiger partial charge in [0, 0.05) is 18.0 Å². The predicted molar refractivity (Wildman–Crippen MR) is 129 cm³/mol. The van der Waals surface area contributed by atoms with Crippen LogP contribution in [-0.4, -0.2) is 41.9 Å². The average molecular weight is 466 g/mol. The van der Waals surface area contributed by atoms with E-state index in [1.165, 1.54) is 12.1 Å². The minimum Gasteiger partial charge on any atom is -0.490 e. The minimum atomic E-state index is -0.549. The maximum Gasteiger partial charge on any atom is 0.259 e. The molecule has 0 radical (unpaired) electrons. The van der Waals surface area contributed by atoms with E-state index in [-0.39, 0.29) is 30.9 Å². The number of amides is 1. The van der Waals surface area contributed by atoms with Gasteiger partial charge in [-0.25, -0.2) is 9.37 Å². The van der Waals surface area contributed by atoms with E-state index in [9.17, 15) is 14.3 Å². The molecule has 0 fully saturated rings. The Bertz CT molecular complexity index is 1180. The summed E-state index contributed by atoms with van der Waals surface area (Å²) in [5.74, 6) is 0.487. The highest BCUT2D eigenvalue weighted by molar-refractivity contribution is 6.07. The number of halogens is 1. The summed E-state index contributed by atoms with van der Waals surface area (Å²) < 4.78 is 25.8. The Kier molecular flexibility index (Phi) is 6.98. The molecule has 3 aromatic rings. The summed E-state index contributed by atoms with van der Waals surface area (Å²) >= 11 is 0. The van der Waals surface area contributed by atoms with Gasteiger partial charge in [-0.2, -0.15) is 0 Å². The zero-order valence-corrected chi connectivity index (χ0v) is 19.4. The van der Waals surface area contributed by atoms with Gasteiger partial charge in [0.1, 0.15) is 12.4 Å². The van der Waals surface area contributed by atoms with Crippen LogP contribution in [0.15, 0.2) is 54.7 Å². The highest BCUT2D eigenvalue weighted by Crippen LogP contribution is 2.41. The number of carbonyl (C=O) groups excluding carboxylic acids is 1. The number of fused-ring (bicyclic) bond motifs is 1. The van der Waals surface area contributed by atoms with Crippen LogP contribution >= 0.6 is 0 Å². The number of benzene rings is 2. The highest BCUT2D eigenvalue weighted by Gasteiger charge is 2.32. The number of hydrogen-bond donors (Lipinski definition) is 2. The van der Waals surface area contributed by atoms with Crippen molar-refractivity contribution in [2.75, 3.05) is 30.0 Å². The molecule has 0 aliphatic carbocycles. The van der Waals surface area contributed by atoms with Crippen molar-refractivity contribution >= 4 is 23.1 Å². The maximum atomic E-state index is 14.4. The number of ether oxygens (including phenoxy) is 2. The lowest BCUT2D eigenvalue weighted by atomic mass is 10.1. The zero-order valence-electron chi connectivity index (χ0n) is 19.4. The molecule has 178 valence electrons. The predicted octanol–water partition coefficient (Wildman–Crippen LogP) is 4.71. The lowest BCUT2D eigenvalue weighted by molar-refractivity contribution is 0.102. The van der Waals surface area contributed by atoms with E-state index >= 15 is 0 Å². The van der Waals surface area contributed by atoms with Crippen molar-refractivity contribution in [3.05, 3.63) is 71.7 Å². The minimum absolute atomic E-state index is 0.142. The van der Waals surface area contributed by atoms with Crippen molar-refractivity contribution in [1.29, 1.82) is 0 Å². The van der Waals surface area contributed by atoms with E-state index in [0.29, 0.717) is 35.1 Å². The fourth-order valence-electron chi connectivity index (χ4n) is 3.80. The molecule has 0 saturated heterocycles. The quantitative estimate of drug-likeness (QED) is 0.526. The van der Waals surface area contributed by atoms with E-state index in [0.717, 1.165) is 5.56 Å². The molecule has 2 heterocycles. The lowest BCUT2D eigenvalue weighted by Gasteiger charge is -2.38. The van der Waals surface area contributed by atoms with E-state index in [1.54, 1.807) is 24.4 Å². The number of aliphatic hydroxyl groups is 1. The fraction of sp³-hybridized carbons (Fsp3) is 0.308. The number of pyridine rings is 1. The van der Waals surface area contributed by atoms with Crippen LogP contribution in [0.1, 0.15) is 29.8 Å². The highest BCUT2D eigenvalue weighted by atomic mass is 19.1. The van der Waals surface area contributed by atoms with Gasteiger partial charge in [0.15, 0.2) is 17.3 Å². The number of rotatable bonds is 7. The molecule has 1 aliphatic heterocycles. The summed E-state index contributed by atoms with van der Waals surface area (Å²) in [5.41, 5.74) is 2.16. The molecule has 4 rings (SSSR count). The first-order chi connectivity index (χ1) is 16.4. The number of aryl methyl sites for hydroxylation is 1. The van der Waals surface area contributed by atoms with Gasteiger partial charge >= 0.3 is 0 Å². The van der Waals surface area contributed by atoms with Crippen molar-refractivity contribution in [3.63, 3.8) is 0 Å². The number of aliphatic hydroxyl groups excluding tert-OH is 1. The number of carbonyl (C=O) groups is 1. The molecular formula is C26H28FN3O4. The number of hydrogen-bond acceptors (Lipinski definition) is 6. The number of nitrogens with one attached hydrogen (secondary N) is 1. The Morgan fingerprint density at radius 3 is 2.82 bits per heavy atom. The normalized spacial score (nSPS) is 15.0. The standard InChI is InChI=1S/C26H28FN3O4/c1-16(2)14-33-23-10-9-18(12-21(23)27)29-26(32)20-7-4-8-22-24(20)34-15-19(13-31)30(22)25-17(3)6-5-11-28-25/h4-12,16,19,31H,13-15H2,1-3H3,(H,29,32)/t19-/m0/s1. The van der Waals surface area contributed by atoms with Crippen LogP contribution in [0.25, 0.3) is 0 Å². The number of para-hydroxylation sites is 1. The summed E-state index contributed by atoms with van der Waals surface area (Å²) in [6.45, 7) is 6.34. The van der Waals surface area contributed by atoms with Gasteiger partial charge in [-0.15, -0.1) is 0 Å². The Hall–Kier alpha value is -3.65. The SMILES string of the molecule is Cc1cccnc1N1c2cccc(C(=O)Nc3ccc(OCC(C)C)c(F)c3)c2OC[C@@H]1CO. The third kappa shape index (κ3) is 4.82. The van der Waals surface area contributed by atoms with Crippen molar-refractivity contribution in [3.8, 4) is 11.5 Å². The van der Waals surface area contributed by atoms with Crippen LogP contribution in [0.4, 0.5) is 21.6 Å². The third-order valence-electron chi connectivity index (χ3n) is 5.47. The van der Waals surface area contributed by atoms with E-state index in [2.05, 4.69) is 10.3 Å². The Morgan fingerprint density at radius 1 is 1.29 bits per heavy atom. The molecule has 34 heavy (non-hydrogen) atoms. The summed E-state index contributed by atoms with van der Waals surface area (Å²) in [5, 5.41) is 12.7. The summed E-state index contributed by atoms with van der Waals surface area (Å²) in [6.07, 6.45) is 1.69. The van der Waals surface area contributed by atoms with Gasteiger partial charge in [-0.1, -0.05) is 26.0 Å². The molecule has 8 heteroatoms. The van der Waals surface area contributed by atoms with Gasteiger partial charge in [0.2, 0.25) is 0 Å². The van der Waals surface area contributed by atoms with Crippen molar-refractivity contribution < 1.29 is 23.8 Å². The first kappa shape index (κ1) is 23.5. The second kappa shape index (κ2) is 10.1. The average Bonchev–Trinajstić information content (AvgIpc) is 2.82. The molecule has 1 aromatic heterocycles. The molecule has 2 N–H and O–H groups in total. The van der Waals surface area contributed by atoms with Gasteiger partial charge in [0.25, 0.3) is 5.91 Å². The lowest BCUT2D eigenvalue weighted by Crippen LogP contribution is -2.43. The van der Waals surface area contributed by atoms with Gasteiger partial charge in [-0.3, -0.25) is 4.79 Å². The summed E-state index contributed by atoms with van der Waals surface area (Å²) in [4.78, 5) is 19.5. The van der Waals surface area contributed by atoms with Crippen LogP contribution < -0.4 is 19.7 Å². The monoisotopic (exact) mass is 465 g/mol. The topological polar surface area (TPSA) is 83.9 Å². The van der Waals surface area contributed by atoms with Crippen LogP contribution in [0.3, 0.4) is 0 Å². The summed E-state index contributed by atoms with van der Waals surface area (Å²) in [7, 11) is 0. The molecular weight excluding hydrogens is 437 g/mol. The maximum absolute atomic E-state index is 14.4. The fourth-order valence-corrected chi connectivity index (χ4v) is 3.80. The number of nitrogens with zero attached hydrogens (tertiary/aromatic N) is 2. The molecule has 1 aliphatic rings. The molecule has 7 nitrogen and oxygen atoms in total. The Balaban J connectivity index is 1.62. The number of anilines is 3. The Morgan fingerprint density at radius 2 is 2.12 bits per heavy atom. The van der Waals surface area contributed by atoms with E-state index < -0.39 is 11.7 Å². The van der Waals surface area contributed by atoms with Crippen LogP contribution in [0.5, 0.6) is 11.5 Å². The van der Waals surface area contributed by atoms with Crippen molar-refractivity contribution in [2.45, 2.75) is 26.8 Å². The zero-order chi connectivity index (χ0) is 24.2. The second-order valence-corrected chi connectivity index (χ2v) is 8.62. The summed E-state index contributed by atoms with van der Waals surface area (Å²) in [6, 6.07) is 13.0. The van der Waals surface area contributed by atoms with Crippen molar-refractivity contribution in [1.82, 2.24) is 4.98 Å². The molecule has 1 atom stereocenters. The molecule has 0 spiro atoms. The first-order valence-corrected chi connectivity index (χ1v) is 11.2. The number of aromatic nitrogens is 1. The molecule has 0 unspecified atom stereocenters. The van der Waals surface area contributed by atoms with Gasteiger partial charge < -0.3 is 24.8 Å². The molecule has 0 bridgehead atoms. The Labute approximate surface area is 198 Å². The van der Waals surface area contributed by atoms with E-state index in [4.69, 9.17) is 9.47 Å². The molecule has 1 amide bonds. The van der Waals surface area contributed by atoms with Gasteiger partial charge in [-0.05, 0) is 48.7 Å². The molecule has 0 saturated carbocycles. The molecule has 2 aromatic carbocycles.